The third-order valence-corrected chi connectivity index (χ3v) is 19.2. The van der Waals surface area contributed by atoms with Crippen molar-refractivity contribution in [1.29, 1.82) is 0 Å². The van der Waals surface area contributed by atoms with Gasteiger partial charge in [0.1, 0.15) is 0 Å². The number of hydrogen-bond donors (Lipinski definition) is 0. The highest BCUT2D eigenvalue weighted by atomic mass is 32.1. The van der Waals surface area contributed by atoms with Gasteiger partial charge in [-0.05, 0) is 77.3 Å². The van der Waals surface area contributed by atoms with E-state index >= 15 is 9.59 Å². The minimum atomic E-state index is 0.110. The molecule has 5 heterocycles. The van der Waals surface area contributed by atoms with Crippen molar-refractivity contribution in [2.45, 2.75) is 246 Å². The van der Waals surface area contributed by atoms with Gasteiger partial charge in [0, 0.05) is 33.6 Å². The van der Waals surface area contributed by atoms with Crippen LogP contribution in [0.4, 0.5) is 0 Å². The van der Waals surface area contributed by atoms with Gasteiger partial charge >= 0.3 is 0 Å². The maximum Gasteiger partial charge on any atom is 0.259 e. The molecule has 2 unspecified atom stereocenters. The van der Waals surface area contributed by atoms with Gasteiger partial charge in [-0.25, -0.2) is 0 Å². The molecule has 0 amide bonds. The summed E-state index contributed by atoms with van der Waals surface area (Å²) < 4.78 is 6.74. The van der Waals surface area contributed by atoms with E-state index in [1.54, 1.807) is 22.7 Å². The number of thiophene rings is 3. The molecule has 7 aromatic rings. The lowest BCUT2D eigenvalue weighted by molar-refractivity contribution is 0.358. The Bertz CT molecular complexity index is 2750. The molecule has 0 spiro atoms. The second-order valence-corrected chi connectivity index (χ2v) is 24.6. The maximum atomic E-state index is 15.6. The summed E-state index contributed by atoms with van der Waals surface area (Å²) in [5.74, 6) is 0.928. The number of pyridine rings is 2. The Kier molecular flexibility index (Phi) is 23.6. The van der Waals surface area contributed by atoms with E-state index in [2.05, 4.69) is 96.1 Å². The summed E-state index contributed by atoms with van der Waals surface area (Å²) in [7, 11) is 0. The van der Waals surface area contributed by atoms with E-state index in [0.29, 0.717) is 11.8 Å². The number of nitrogens with zero attached hydrogens (tertiary/aromatic N) is 2. The van der Waals surface area contributed by atoms with E-state index in [1.807, 2.05) is 11.3 Å². The molecule has 388 valence electrons. The lowest BCUT2D eigenvalue weighted by Gasteiger charge is -2.21. The van der Waals surface area contributed by atoms with Gasteiger partial charge in [0.15, 0.2) is 0 Å². The van der Waals surface area contributed by atoms with Crippen LogP contribution >= 0.6 is 34.0 Å². The van der Waals surface area contributed by atoms with Gasteiger partial charge in [-0.15, -0.1) is 34.0 Å². The minimum absolute atomic E-state index is 0.110. The molecule has 7 rings (SSSR count). The highest BCUT2D eigenvalue weighted by Crippen LogP contribution is 2.42. The summed E-state index contributed by atoms with van der Waals surface area (Å²) in [4.78, 5) is 33.5. The van der Waals surface area contributed by atoms with Gasteiger partial charge in [0.2, 0.25) is 0 Å². The average Bonchev–Trinajstić information content (AvgIpc) is 4.20. The van der Waals surface area contributed by atoms with E-state index in [9.17, 15) is 0 Å². The second-order valence-electron chi connectivity index (χ2n) is 21.7. The Morgan fingerprint density at radius 3 is 1.21 bits per heavy atom. The summed E-state index contributed by atoms with van der Waals surface area (Å²) >= 11 is 5.37. The molecular weight excluding hydrogens is 925 g/mol. The van der Waals surface area contributed by atoms with Crippen LogP contribution in [0.3, 0.4) is 0 Å². The van der Waals surface area contributed by atoms with Crippen LogP contribution in [0, 0.1) is 11.8 Å². The summed E-state index contributed by atoms with van der Waals surface area (Å²) in [6.45, 7) is 10.7. The fourth-order valence-electron chi connectivity index (χ4n) is 11.9. The Morgan fingerprint density at radius 2 is 0.789 bits per heavy atom. The van der Waals surface area contributed by atoms with Crippen LogP contribution in [0.15, 0.2) is 68.9 Å². The van der Waals surface area contributed by atoms with E-state index in [4.69, 9.17) is 0 Å². The van der Waals surface area contributed by atoms with Crippen LogP contribution in [-0.2, 0) is 13.1 Å². The van der Waals surface area contributed by atoms with Crippen molar-refractivity contribution in [1.82, 2.24) is 9.13 Å². The van der Waals surface area contributed by atoms with Crippen molar-refractivity contribution in [3.8, 4) is 9.75 Å². The molecule has 0 bridgehead atoms. The van der Waals surface area contributed by atoms with Crippen LogP contribution in [-0.4, -0.2) is 9.13 Å². The standard InChI is InChI=1S/C64H92N2O2S3/c1-5-9-13-17-21-23-27-31-35-49(34-29-25-19-15-11-7-3)47-65-55-43-45-70-61(55)53-41-39-52-51(59(53)63(65)67)40-42-54-60(52)64(68)66(56-46-58(71-62(54)56)57-38-33-44-69-57)48-50(36-30-26-20-16-12-8-4)37-32-28-24-22-18-14-10-6-2/h33,38-46,49-50H,5-32,34-37,47-48H2,1-4H3. The second kappa shape index (κ2) is 30.2. The van der Waals surface area contributed by atoms with E-state index in [1.165, 1.54) is 225 Å². The molecule has 0 radical (unpaired) electrons. The molecule has 0 fully saturated rings. The highest BCUT2D eigenvalue weighted by Gasteiger charge is 2.23. The molecule has 0 aliphatic heterocycles. The molecule has 5 aromatic heterocycles. The predicted octanol–water partition coefficient (Wildman–Crippen LogP) is 21.4. The fourth-order valence-corrected chi connectivity index (χ4v) is 14.8. The molecule has 0 aliphatic rings. The molecule has 0 saturated carbocycles. The third-order valence-electron chi connectivity index (χ3n) is 16.1. The molecule has 0 aliphatic carbocycles. The molecular formula is C64H92N2O2S3. The van der Waals surface area contributed by atoms with E-state index < -0.39 is 0 Å². The molecule has 2 aromatic carbocycles. The first-order chi connectivity index (χ1) is 35.0. The Morgan fingerprint density at radius 1 is 0.394 bits per heavy atom. The normalized spacial score (nSPS) is 13.0. The molecule has 2 atom stereocenters. The van der Waals surface area contributed by atoms with Gasteiger partial charge < -0.3 is 9.13 Å². The smallest absolute Gasteiger partial charge is 0.259 e. The van der Waals surface area contributed by atoms with Crippen LogP contribution in [0.2, 0.25) is 0 Å². The van der Waals surface area contributed by atoms with Crippen molar-refractivity contribution < 1.29 is 0 Å². The first-order valence-electron chi connectivity index (χ1n) is 29.5. The molecule has 7 heteroatoms. The maximum absolute atomic E-state index is 15.6. The first-order valence-corrected chi connectivity index (χ1v) is 32.1. The third kappa shape index (κ3) is 15.2. The molecule has 4 nitrogen and oxygen atoms in total. The average molecular weight is 1020 g/mol. The Hall–Kier alpha value is -3.26. The largest absolute Gasteiger partial charge is 0.307 e. The first kappa shape index (κ1) is 55.5. The number of fused-ring (bicyclic) bond motifs is 9. The van der Waals surface area contributed by atoms with Crippen molar-refractivity contribution in [2.75, 3.05) is 0 Å². The monoisotopic (exact) mass is 1020 g/mol. The molecule has 0 N–H and O–H groups in total. The topological polar surface area (TPSA) is 44.0 Å². The number of benzene rings is 2. The highest BCUT2D eigenvalue weighted by molar-refractivity contribution is 7.26. The number of aromatic nitrogens is 2. The Labute approximate surface area is 441 Å². The van der Waals surface area contributed by atoms with Gasteiger partial charge in [0.25, 0.3) is 11.1 Å². The van der Waals surface area contributed by atoms with Crippen molar-refractivity contribution in [3.05, 3.63) is 80.0 Å². The number of rotatable bonds is 37. The van der Waals surface area contributed by atoms with E-state index in [0.717, 1.165) is 56.4 Å². The summed E-state index contributed by atoms with van der Waals surface area (Å²) in [5.41, 5.74) is 2.38. The van der Waals surface area contributed by atoms with Gasteiger partial charge in [-0.3, -0.25) is 9.59 Å². The molecule has 71 heavy (non-hydrogen) atoms. The summed E-state index contributed by atoms with van der Waals surface area (Å²) in [6, 6.07) is 17.6. The fraction of sp³-hybridized carbons (Fsp3) is 0.625. The van der Waals surface area contributed by atoms with Crippen LogP contribution in [0.1, 0.15) is 233 Å². The zero-order valence-corrected chi connectivity index (χ0v) is 47.4. The number of unbranched alkanes of at least 4 members (excludes halogenated alkanes) is 24. The van der Waals surface area contributed by atoms with Gasteiger partial charge in [-0.2, -0.15) is 0 Å². The lowest BCUT2D eigenvalue weighted by Crippen LogP contribution is -2.26. The van der Waals surface area contributed by atoms with Gasteiger partial charge in [0.05, 0.1) is 31.2 Å². The predicted molar refractivity (Wildman–Crippen MR) is 319 cm³/mol. The minimum Gasteiger partial charge on any atom is -0.307 e. The van der Waals surface area contributed by atoms with E-state index in [-0.39, 0.29) is 11.1 Å². The van der Waals surface area contributed by atoms with Crippen LogP contribution in [0.5, 0.6) is 0 Å². The summed E-state index contributed by atoms with van der Waals surface area (Å²) in [5, 5.41) is 9.83. The van der Waals surface area contributed by atoms with Crippen LogP contribution in [0.25, 0.3) is 62.5 Å². The lowest BCUT2D eigenvalue weighted by atomic mass is 9.93. The van der Waals surface area contributed by atoms with Gasteiger partial charge in [-0.1, -0.05) is 238 Å². The molecule has 0 saturated heterocycles. The summed E-state index contributed by atoms with van der Waals surface area (Å²) in [6.07, 6.45) is 41.4. The van der Waals surface area contributed by atoms with Crippen molar-refractivity contribution in [2.24, 2.45) is 11.8 Å². The quantitative estimate of drug-likeness (QED) is 0.0288. The van der Waals surface area contributed by atoms with Crippen molar-refractivity contribution in [3.63, 3.8) is 0 Å². The van der Waals surface area contributed by atoms with Crippen LogP contribution < -0.4 is 11.1 Å². The zero-order valence-electron chi connectivity index (χ0n) is 44.9. The van der Waals surface area contributed by atoms with Crippen molar-refractivity contribution >= 4 is 86.8 Å². The SMILES string of the molecule is CCCCCCCCCCC(CCCCCCCC)Cn1c(=O)c2c3ccc4c5sc(-c6cccs6)cc5n(CC(CCCCCCCC)CCCCCCCCCC)c(=O)c4c3ccc2c2sccc21. The Balaban J connectivity index is 1.26. The zero-order chi connectivity index (χ0) is 49.6. The number of hydrogen-bond acceptors (Lipinski definition) is 5.